The minimum atomic E-state index is 0.751. The number of rotatable bonds is 9. The molecule has 0 saturated heterocycles. The quantitative estimate of drug-likeness (QED) is 0.139. The Morgan fingerprint density at radius 3 is 1.00 bits per heavy atom. The molecule has 0 aliphatic rings. The molecule has 0 unspecified atom stereocenters. The second kappa shape index (κ2) is 34.9. The lowest BCUT2D eigenvalue weighted by Gasteiger charge is -2.10. The monoisotopic (exact) mass is 1250 g/mol. The molecule has 7 aromatic carbocycles. The van der Waals surface area contributed by atoms with Gasteiger partial charge in [-0.3, -0.25) is 29.9 Å². The Morgan fingerprint density at radius 2 is 0.562 bits per heavy atom. The van der Waals surface area contributed by atoms with E-state index in [-0.39, 0.29) is 0 Å². The molecule has 0 spiro atoms. The summed E-state index contributed by atoms with van der Waals surface area (Å²) in [7, 11) is 0. The number of hydrogen-bond acceptors (Lipinski definition) is 9. The van der Waals surface area contributed by atoms with E-state index in [1.807, 2.05) is 161 Å². The van der Waals surface area contributed by atoms with Crippen molar-refractivity contribution < 1.29 is 0 Å². The fourth-order valence-electron chi connectivity index (χ4n) is 9.92. The van der Waals surface area contributed by atoms with Crippen LogP contribution in [0.4, 0.5) is 0 Å². The molecule has 0 atom stereocenters. The summed E-state index contributed by atoms with van der Waals surface area (Å²) in [4.78, 5) is 38.9. The van der Waals surface area contributed by atoms with Gasteiger partial charge < -0.3 is 0 Å². The van der Waals surface area contributed by atoms with Crippen molar-refractivity contribution in [3.8, 4) is 101 Å². The van der Waals surface area contributed by atoms with Crippen molar-refractivity contribution in [1.82, 2.24) is 44.9 Å². The fraction of sp³-hybridized carbons (Fsp3) is 0.0690. The van der Waals surface area contributed by atoms with Gasteiger partial charge in [0.25, 0.3) is 0 Å². The Kier molecular flexibility index (Phi) is 24.2. The number of benzene rings is 7. The van der Waals surface area contributed by atoms with Crippen LogP contribution >= 0.6 is 0 Å². The standard InChI is InChI=1S/C24H19N.C15H12N4.4C12H11N/c1-18-12-14-19(15-13-18)22-16-23(20-8-4-2-5-9-20)25-24(17-22)21-10-6-3-7-11-21;1-11-18-14(12-2-6-16-7-3-12)10-15(19-11)13-4-8-17-9-5-13;1-10-4-6-11(7-5-10)12-3-2-8-13-9-12;1-10-5-7-11(8-6-10)12-4-2-3-9-13-12;1-10-7-8-12(9-13-10)11-5-3-2-4-6-11;1-10-7-8-12(13-9-10)11-5-3-2-4-6-11/h2-17H,1H3;2-10H,1H3;4*2-9H,1H3. The van der Waals surface area contributed by atoms with Crippen LogP contribution in [0, 0.1) is 41.5 Å². The van der Waals surface area contributed by atoms with E-state index in [9.17, 15) is 0 Å². The summed E-state index contributed by atoms with van der Waals surface area (Å²) >= 11 is 0. The Morgan fingerprint density at radius 1 is 0.188 bits per heavy atom. The number of pyridine rings is 7. The second-order valence-corrected chi connectivity index (χ2v) is 22.7. The van der Waals surface area contributed by atoms with Gasteiger partial charge in [0.05, 0.1) is 34.2 Å². The summed E-state index contributed by atoms with van der Waals surface area (Å²) in [5.74, 6) is 0.751. The van der Waals surface area contributed by atoms with E-state index in [4.69, 9.17) is 4.98 Å². The normalized spacial score (nSPS) is 10.2. The van der Waals surface area contributed by atoms with Gasteiger partial charge in [0.2, 0.25) is 0 Å². The summed E-state index contributed by atoms with van der Waals surface area (Å²) < 4.78 is 0. The van der Waals surface area contributed by atoms with Crippen LogP contribution in [0.1, 0.15) is 33.8 Å². The second-order valence-electron chi connectivity index (χ2n) is 22.7. The molecule has 15 rings (SSSR count). The summed E-state index contributed by atoms with van der Waals surface area (Å²) in [5.41, 5.74) is 25.8. The zero-order valence-corrected chi connectivity index (χ0v) is 54.9. The van der Waals surface area contributed by atoms with Gasteiger partial charge in [-0.2, -0.15) is 0 Å². The minimum Gasteiger partial charge on any atom is -0.265 e. The molecule has 0 aliphatic carbocycles. The molecule has 9 nitrogen and oxygen atoms in total. The first-order valence-corrected chi connectivity index (χ1v) is 31.8. The van der Waals surface area contributed by atoms with E-state index in [2.05, 4.69) is 237 Å². The maximum absolute atomic E-state index is 4.92. The van der Waals surface area contributed by atoms with E-state index in [1.54, 1.807) is 31.0 Å². The molecular formula is C87H75N9. The Labute approximate surface area is 564 Å². The molecule has 9 heteroatoms. The SMILES string of the molecule is Cc1ccc(-c2cc(-c3ccccc3)nc(-c3ccccc3)c2)cc1.Cc1ccc(-c2ccccc2)cn1.Cc1ccc(-c2ccccc2)nc1.Cc1ccc(-c2ccccn2)cc1.Cc1ccc(-c2cccnc2)cc1.Cc1nc(-c2ccncc2)cc(-c2ccncc2)n1. The van der Waals surface area contributed by atoms with Crippen LogP contribution in [0.3, 0.4) is 0 Å². The smallest absolute Gasteiger partial charge is 0.126 e. The largest absolute Gasteiger partial charge is 0.265 e. The van der Waals surface area contributed by atoms with E-state index >= 15 is 0 Å². The number of nitrogens with zero attached hydrogens (tertiary/aromatic N) is 9. The third-order valence-electron chi connectivity index (χ3n) is 15.2. The van der Waals surface area contributed by atoms with Crippen LogP contribution < -0.4 is 0 Å². The molecule has 0 fully saturated rings. The highest BCUT2D eigenvalue weighted by Crippen LogP contribution is 2.31. The summed E-state index contributed by atoms with van der Waals surface area (Å²) in [6.07, 6.45) is 16.3. The zero-order chi connectivity index (χ0) is 66.5. The van der Waals surface area contributed by atoms with E-state index in [0.29, 0.717) is 0 Å². The van der Waals surface area contributed by atoms with Crippen LogP contribution in [0.2, 0.25) is 0 Å². The lowest BCUT2D eigenvalue weighted by atomic mass is 9.99. The lowest BCUT2D eigenvalue weighted by Crippen LogP contribution is -1.94. The Balaban J connectivity index is 0.000000128. The zero-order valence-electron chi connectivity index (χ0n) is 54.9. The van der Waals surface area contributed by atoms with Crippen molar-refractivity contribution in [1.29, 1.82) is 0 Å². The topological polar surface area (TPSA) is 116 Å². The van der Waals surface area contributed by atoms with E-state index in [0.717, 1.165) is 67.9 Å². The van der Waals surface area contributed by atoms with Gasteiger partial charge in [0.1, 0.15) is 5.82 Å². The van der Waals surface area contributed by atoms with Crippen LogP contribution in [0.25, 0.3) is 101 Å². The molecule has 0 bridgehead atoms. The predicted octanol–water partition coefficient (Wildman–Crippen LogP) is 21.5. The summed E-state index contributed by atoms with van der Waals surface area (Å²) in [6, 6.07) is 99.0. The van der Waals surface area contributed by atoms with Crippen LogP contribution in [-0.2, 0) is 0 Å². The first kappa shape index (κ1) is 66.6. The minimum absolute atomic E-state index is 0.751. The first-order chi connectivity index (χ1) is 47.1. The van der Waals surface area contributed by atoms with Gasteiger partial charge in [-0.1, -0.05) is 235 Å². The molecule has 0 amide bonds. The van der Waals surface area contributed by atoms with Crippen molar-refractivity contribution >= 4 is 0 Å². The van der Waals surface area contributed by atoms with Crippen molar-refractivity contribution in [3.05, 3.63) is 381 Å². The van der Waals surface area contributed by atoms with Gasteiger partial charge >= 0.3 is 0 Å². The highest BCUT2D eigenvalue weighted by molar-refractivity contribution is 5.77. The van der Waals surface area contributed by atoms with Crippen LogP contribution in [-0.4, -0.2) is 44.9 Å². The molecular weight excluding hydrogens is 1170 g/mol. The van der Waals surface area contributed by atoms with E-state index in [1.165, 1.54) is 66.8 Å². The van der Waals surface area contributed by atoms with Crippen LogP contribution in [0.5, 0.6) is 0 Å². The molecule has 15 aromatic rings. The van der Waals surface area contributed by atoms with E-state index < -0.39 is 0 Å². The van der Waals surface area contributed by atoms with Gasteiger partial charge in [-0.15, -0.1) is 0 Å². The summed E-state index contributed by atoms with van der Waals surface area (Å²) in [6.45, 7) is 12.2. The van der Waals surface area contributed by atoms with Gasteiger partial charge in [-0.25, -0.2) is 15.0 Å². The van der Waals surface area contributed by atoms with Crippen molar-refractivity contribution in [2.75, 3.05) is 0 Å². The van der Waals surface area contributed by atoms with Crippen molar-refractivity contribution in [2.45, 2.75) is 41.5 Å². The molecule has 468 valence electrons. The number of hydrogen-bond donors (Lipinski definition) is 0. The average Bonchev–Trinajstić information content (AvgIpc) is 0.942. The number of aryl methyl sites for hydroxylation is 6. The number of aromatic nitrogens is 9. The van der Waals surface area contributed by atoms with Crippen molar-refractivity contribution in [2.24, 2.45) is 0 Å². The molecule has 0 N–H and O–H groups in total. The Hall–Kier alpha value is -12.3. The molecule has 8 heterocycles. The molecule has 0 aliphatic heterocycles. The average molecular weight is 1250 g/mol. The highest BCUT2D eigenvalue weighted by atomic mass is 14.9. The predicted molar refractivity (Wildman–Crippen MR) is 396 cm³/mol. The lowest BCUT2D eigenvalue weighted by molar-refractivity contribution is 1.06. The fourth-order valence-corrected chi connectivity index (χ4v) is 9.92. The summed E-state index contributed by atoms with van der Waals surface area (Å²) in [5, 5.41) is 0. The third kappa shape index (κ3) is 20.3. The first-order valence-electron chi connectivity index (χ1n) is 31.8. The third-order valence-corrected chi connectivity index (χ3v) is 15.2. The molecule has 96 heavy (non-hydrogen) atoms. The van der Waals surface area contributed by atoms with Crippen molar-refractivity contribution in [3.63, 3.8) is 0 Å². The highest BCUT2D eigenvalue weighted by Gasteiger charge is 2.10. The Bertz CT molecular complexity index is 4270. The molecule has 8 aromatic heterocycles. The van der Waals surface area contributed by atoms with Gasteiger partial charge in [0, 0.05) is 100 Å². The van der Waals surface area contributed by atoms with Crippen LogP contribution in [0.15, 0.2) is 347 Å². The maximum atomic E-state index is 4.92. The molecule has 0 radical (unpaired) electrons. The van der Waals surface area contributed by atoms with Gasteiger partial charge in [-0.05, 0) is 148 Å². The maximum Gasteiger partial charge on any atom is 0.126 e. The molecule has 0 saturated carbocycles. The van der Waals surface area contributed by atoms with Gasteiger partial charge in [0.15, 0.2) is 0 Å².